The summed E-state index contributed by atoms with van der Waals surface area (Å²) in [5.41, 5.74) is 3.41. The lowest BCUT2D eigenvalue weighted by molar-refractivity contribution is 0.200. The van der Waals surface area contributed by atoms with Crippen molar-refractivity contribution in [2.24, 2.45) is 0 Å². The predicted molar refractivity (Wildman–Crippen MR) is 79.6 cm³/mol. The number of likely N-dealkylation sites (tertiary alicyclic amines) is 1. The molecule has 0 atom stereocenters. The van der Waals surface area contributed by atoms with E-state index in [1.807, 2.05) is 4.90 Å². The minimum absolute atomic E-state index is 0.0614. The number of carbonyl (C=O) groups excluding carboxylic acids is 1. The second-order valence-electron chi connectivity index (χ2n) is 5.34. The molecule has 1 heterocycles. The molecule has 0 unspecified atom stereocenters. The van der Waals surface area contributed by atoms with Crippen LogP contribution in [0.2, 0.25) is 0 Å². The fourth-order valence-corrected chi connectivity index (χ4v) is 2.67. The van der Waals surface area contributed by atoms with Crippen molar-refractivity contribution >= 4 is 11.7 Å². The SMILES string of the molecule is CCCc1cccc(C)c1NC(=O)N1CCCCC1. The Morgan fingerprint density at radius 1 is 1.26 bits per heavy atom. The number of piperidine rings is 1. The summed E-state index contributed by atoms with van der Waals surface area (Å²) in [4.78, 5) is 14.2. The number of para-hydroxylation sites is 1. The number of nitrogens with one attached hydrogen (secondary N) is 1. The first-order valence-corrected chi connectivity index (χ1v) is 7.36. The van der Waals surface area contributed by atoms with E-state index in [9.17, 15) is 4.79 Å². The minimum atomic E-state index is 0.0614. The van der Waals surface area contributed by atoms with Crippen LogP contribution in [0, 0.1) is 6.92 Å². The molecule has 0 aromatic heterocycles. The summed E-state index contributed by atoms with van der Waals surface area (Å²) in [5.74, 6) is 0. The largest absolute Gasteiger partial charge is 0.325 e. The van der Waals surface area contributed by atoms with Gasteiger partial charge in [-0.15, -0.1) is 0 Å². The van der Waals surface area contributed by atoms with Crippen LogP contribution in [-0.2, 0) is 6.42 Å². The fourth-order valence-electron chi connectivity index (χ4n) is 2.67. The van der Waals surface area contributed by atoms with E-state index in [0.717, 1.165) is 50.0 Å². The Bertz CT molecular complexity index is 436. The number of amides is 2. The van der Waals surface area contributed by atoms with Crippen LogP contribution in [0.3, 0.4) is 0 Å². The first-order chi connectivity index (χ1) is 9.22. The number of urea groups is 1. The van der Waals surface area contributed by atoms with Gasteiger partial charge in [-0.05, 0) is 43.7 Å². The minimum Gasteiger partial charge on any atom is -0.325 e. The van der Waals surface area contributed by atoms with Crippen molar-refractivity contribution in [1.82, 2.24) is 4.90 Å². The molecule has 1 aromatic rings. The molecule has 3 heteroatoms. The predicted octanol–water partition coefficient (Wildman–Crippen LogP) is 3.97. The molecular formula is C16H24N2O. The van der Waals surface area contributed by atoms with Crippen LogP contribution in [0.25, 0.3) is 0 Å². The Morgan fingerprint density at radius 2 is 2.00 bits per heavy atom. The molecule has 0 aliphatic carbocycles. The first-order valence-electron chi connectivity index (χ1n) is 7.36. The van der Waals surface area contributed by atoms with Crippen LogP contribution in [0.15, 0.2) is 18.2 Å². The normalized spacial score (nSPS) is 15.4. The first kappa shape index (κ1) is 13.9. The molecule has 1 aromatic carbocycles. The monoisotopic (exact) mass is 260 g/mol. The highest BCUT2D eigenvalue weighted by atomic mass is 16.2. The third-order valence-electron chi connectivity index (χ3n) is 3.75. The highest BCUT2D eigenvalue weighted by molar-refractivity contribution is 5.91. The highest BCUT2D eigenvalue weighted by Gasteiger charge is 2.17. The van der Waals surface area contributed by atoms with Crippen molar-refractivity contribution in [3.05, 3.63) is 29.3 Å². The average molecular weight is 260 g/mol. The van der Waals surface area contributed by atoms with Gasteiger partial charge in [0, 0.05) is 18.8 Å². The quantitative estimate of drug-likeness (QED) is 0.876. The molecule has 1 aliphatic rings. The van der Waals surface area contributed by atoms with Gasteiger partial charge in [0.25, 0.3) is 0 Å². The van der Waals surface area contributed by atoms with E-state index in [1.54, 1.807) is 0 Å². The number of rotatable bonds is 3. The molecule has 1 saturated heterocycles. The van der Waals surface area contributed by atoms with Crippen molar-refractivity contribution in [3.63, 3.8) is 0 Å². The number of aryl methyl sites for hydroxylation is 2. The standard InChI is InChI=1S/C16H24N2O/c1-3-8-14-10-7-9-13(2)15(14)17-16(19)18-11-5-4-6-12-18/h7,9-10H,3-6,8,11-12H2,1-2H3,(H,17,19). The zero-order chi connectivity index (χ0) is 13.7. The van der Waals surface area contributed by atoms with Gasteiger partial charge < -0.3 is 10.2 Å². The summed E-state index contributed by atoms with van der Waals surface area (Å²) < 4.78 is 0. The van der Waals surface area contributed by atoms with Crippen molar-refractivity contribution < 1.29 is 4.79 Å². The molecule has 0 bridgehead atoms. The van der Waals surface area contributed by atoms with E-state index in [4.69, 9.17) is 0 Å². The van der Waals surface area contributed by atoms with Gasteiger partial charge in [0.2, 0.25) is 0 Å². The molecule has 0 saturated carbocycles. The van der Waals surface area contributed by atoms with Gasteiger partial charge in [-0.25, -0.2) is 4.79 Å². The zero-order valence-electron chi connectivity index (χ0n) is 12.0. The number of nitrogens with zero attached hydrogens (tertiary/aromatic N) is 1. The van der Waals surface area contributed by atoms with Crippen LogP contribution >= 0.6 is 0 Å². The van der Waals surface area contributed by atoms with Crippen LogP contribution < -0.4 is 5.32 Å². The maximum absolute atomic E-state index is 12.3. The number of hydrogen-bond donors (Lipinski definition) is 1. The third-order valence-corrected chi connectivity index (χ3v) is 3.75. The summed E-state index contributed by atoms with van der Waals surface area (Å²) >= 11 is 0. The molecule has 104 valence electrons. The second-order valence-corrected chi connectivity index (χ2v) is 5.34. The molecule has 0 radical (unpaired) electrons. The Hall–Kier alpha value is -1.51. The van der Waals surface area contributed by atoms with Crippen molar-refractivity contribution in [2.45, 2.75) is 46.0 Å². The van der Waals surface area contributed by atoms with Crippen molar-refractivity contribution in [3.8, 4) is 0 Å². The Morgan fingerprint density at radius 3 is 2.68 bits per heavy atom. The third kappa shape index (κ3) is 3.49. The molecule has 1 N–H and O–H groups in total. The molecular weight excluding hydrogens is 236 g/mol. The van der Waals surface area contributed by atoms with Gasteiger partial charge in [-0.2, -0.15) is 0 Å². The molecule has 1 aliphatic heterocycles. The molecule has 2 rings (SSSR count). The maximum atomic E-state index is 12.3. The van der Waals surface area contributed by atoms with Crippen LogP contribution in [-0.4, -0.2) is 24.0 Å². The van der Waals surface area contributed by atoms with Gasteiger partial charge in [-0.3, -0.25) is 0 Å². The maximum Gasteiger partial charge on any atom is 0.321 e. The Kier molecular flexibility index (Phi) is 4.83. The molecule has 2 amide bonds. The van der Waals surface area contributed by atoms with Crippen LogP contribution in [0.4, 0.5) is 10.5 Å². The summed E-state index contributed by atoms with van der Waals surface area (Å²) in [5, 5.41) is 3.12. The number of hydrogen-bond acceptors (Lipinski definition) is 1. The molecule has 1 fully saturated rings. The summed E-state index contributed by atoms with van der Waals surface area (Å²) in [7, 11) is 0. The Balaban J connectivity index is 2.10. The van der Waals surface area contributed by atoms with E-state index >= 15 is 0 Å². The average Bonchev–Trinajstić information content (AvgIpc) is 2.44. The highest BCUT2D eigenvalue weighted by Crippen LogP contribution is 2.23. The topological polar surface area (TPSA) is 32.3 Å². The van der Waals surface area contributed by atoms with Crippen LogP contribution in [0.1, 0.15) is 43.7 Å². The molecule has 3 nitrogen and oxygen atoms in total. The molecule has 0 spiro atoms. The lowest BCUT2D eigenvalue weighted by Gasteiger charge is -2.27. The number of anilines is 1. The lowest BCUT2D eigenvalue weighted by Crippen LogP contribution is -2.39. The van der Waals surface area contributed by atoms with Crippen molar-refractivity contribution in [2.75, 3.05) is 18.4 Å². The number of benzene rings is 1. The molecule has 19 heavy (non-hydrogen) atoms. The summed E-state index contributed by atoms with van der Waals surface area (Å²) in [6, 6.07) is 6.30. The smallest absolute Gasteiger partial charge is 0.321 e. The second kappa shape index (κ2) is 6.60. The van der Waals surface area contributed by atoms with Crippen molar-refractivity contribution in [1.29, 1.82) is 0 Å². The van der Waals surface area contributed by atoms with E-state index in [-0.39, 0.29) is 6.03 Å². The summed E-state index contributed by atoms with van der Waals surface area (Å²) in [6.07, 6.45) is 5.61. The summed E-state index contributed by atoms with van der Waals surface area (Å²) in [6.45, 7) is 6.01. The van der Waals surface area contributed by atoms with E-state index in [1.165, 1.54) is 12.0 Å². The van der Waals surface area contributed by atoms with Gasteiger partial charge >= 0.3 is 6.03 Å². The van der Waals surface area contributed by atoms with Gasteiger partial charge in [0.15, 0.2) is 0 Å². The van der Waals surface area contributed by atoms with Gasteiger partial charge in [-0.1, -0.05) is 31.5 Å². The number of carbonyl (C=O) groups is 1. The fraction of sp³-hybridized carbons (Fsp3) is 0.562. The van der Waals surface area contributed by atoms with Gasteiger partial charge in [0.05, 0.1) is 0 Å². The van der Waals surface area contributed by atoms with E-state index < -0.39 is 0 Å². The zero-order valence-corrected chi connectivity index (χ0v) is 12.0. The van der Waals surface area contributed by atoms with E-state index in [2.05, 4.69) is 37.4 Å². The van der Waals surface area contributed by atoms with Gasteiger partial charge in [0.1, 0.15) is 0 Å². The van der Waals surface area contributed by atoms with Crippen LogP contribution in [0.5, 0.6) is 0 Å². The lowest BCUT2D eigenvalue weighted by atomic mass is 10.0. The Labute approximate surface area is 116 Å². The van der Waals surface area contributed by atoms with E-state index in [0.29, 0.717) is 0 Å².